The smallest absolute Gasteiger partial charge is 0.242 e. The molecule has 9 heteroatoms. The van der Waals surface area contributed by atoms with Crippen molar-refractivity contribution in [2.75, 3.05) is 30.2 Å². The van der Waals surface area contributed by atoms with Crippen LogP contribution in [-0.4, -0.2) is 57.1 Å². The summed E-state index contributed by atoms with van der Waals surface area (Å²) in [4.78, 5) is 27.2. The SMILES string of the molecule is CCCNC(=O)C(C)N(CCc1ccccc1)C(=O)CCCN(c1ccccc1F)S(C)(=O)=O. The average molecular weight is 492 g/mol. The Morgan fingerprint density at radius 2 is 1.68 bits per heavy atom. The first-order valence-corrected chi connectivity index (χ1v) is 13.3. The lowest BCUT2D eigenvalue weighted by molar-refractivity contribution is -0.139. The van der Waals surface area contributed by atoms with Crippen LogP contribution in [0.3, 0.4) is 0 Å². The molecule has 1 unspecified atom stereocenters. The molecule has 0 saturated heterocycles. The number of benzene rings is 2. The standard InChI is InChI=1S/C25H34FN3O4S/c1-4-17-27-25(31)20(2)28(19-16-21-11-6-5-7-12-21)24(30)15-10-18-29(34(3,32)33)23-14-9-8-13-22(23)26/h5-9,11-14,20H,4,10,15-19H2,1-3H3,(H,27,31). The first-order chi connectivity index (χ1) is 16.1. The highest BCUT2D eigenvalue weighted by molar-refractivity contribution is 7.92. The molecule has 0 saturated carbocycles. The quantitative estimate of drug-likeness (QED) is 0.466. The Bertz CT molecular complexity index is 1050. The number of rotatable bonds is 13. The minimum atomic E-state index is -3.74. The Kier molecular flexibility index (Phi) is 10.5. The lowest BCUT2D eigenvalue weighted by atomic mass is 10.1. The van der Waals surface area contributed by atoms with Crippen molar-refractivity contribution in [1.82, 2.24) is 10.2 Å². The van der Waals surface area contributed by atoms with Gasteiger partial charge in [0.25, 0.3) is 0 Å². The van der Waals surface area contributed by atoms with Gasteiger partial charge in [0.05, 0.1) is 11.9 Å². The van der Waals surface area contributed by atoms with Gasteiger partial charge in [-0.05, 0) is 43.9 Å². The van der Waals surface area contributed by atoms with Crippen molar-refractivity contribution in [2.45, 2.75) is 45.6 Å². The highest BCUT2D eigenvalue weighted by atomic mass is 32.2. The zero-order valence-corrected chi connectivity index (χ0v) is 20.9. The van der Waals surface area contributed by atoms with Crippen LogP contribution < -0.4 is 9.62 Å². The Hall–Kier alpha value is -2.94. The molecule has 0 aromatic heterocycles. The number of hydrogen-bond donors (Lipinski definition) is 1. The Morgan fingerprint density at radius 3 is 2.29 bits per heavy atom. The number of carbonyl (C=O) groups excluding carboxylic acids is 2. The van der Waals surface area contributed by atoms with Crippen molar-refractivity contribution in [3.63, 3.8) is 0 Å². The summed E-state index contributed by atoms with van der Waals surface area (Å²) >= 11 is 0. The van der Waals surface area contributed by atoms with Crippen LogP contribution in [0.4, 0.5) is 10.1 Å². The normalized spacial score (nSPS) is 12.1. The molecule has 1 atom stereocenters. The second-order valence-electron chi connectivity index (χ2n) is 8.18. The number of hydrogen-bond acceptors (Lipinski definition) is 4. The molecule has 186 valence electrons. The van der Waals surface area contributed by atoms with Crippen LogP contribution in [0.2, 0.25) is 0 Å². The van der Waals surface area contributed by atoms with Gasteiger partial charge in [-0.3, -0.25) is 13.9 Å². The van der Waals surface area contributed by atoms with E-state index in [0.29, 0.717) is 19.5 Å². The van der Waals surface area contributed by atoms with E-state index in [-0.39, 0.29) is 36.9 Å². The topological polar surface area (TPSA) is 86.8 Å². The van der Waals surface area contributed by atoms with Gasteiger partial charge in [0.15, 0.2) is 0 Å². The molecule has 0 spiro atoms. The van der Waals surface area contributed by atoms with E-state index in [1.807, 2.05) is 37.3 Å². The lowest BCUT2D eigenvalue weighted by Gasteiger charge is -2.29. The lowest BCUT2D eigenvalue weighted by Crippen LogP contribution is -2.49. The first-order valence-electron chi connectivity index (χ1n) is 11.5. The summed E-state index contributed by atoms with van der Waals surface area (Å²) in [7, 11) is -3.74. The minimum absolute atomic E-state index is 0.0284. The second kappa shape index (κ2) is 13.1. The van der Waals surface area contributed by atoms with Crippen molar-refractivity contribution in [2.24, 2.45) is 0 Å². The Morgan fingerprint density at radius 1 is 1.03 bits per heavy atom. The number of sulfonamides is 1. The molecular formula is C25H34FN3O4S. The van der Waals surface area contributed by atoms with Crippen molar-refractivity contribution >= 4 is 27.5 Å². The molecule has 34 heavy (non-hydrogen) atoms. The molecule has 2 amide bonds. The van der Waals surface area contributed by atoms with Crippen LogP contribution in [-0.2, 0) is 26.0 Å². The number of anilines is 1. The van der Waals surface area contributed by atoms with Gasteiger partial charge in [0, 0.05) is 26.1 Å². The number of para-hydroxylation sites is 1. The molecule has 2 rings (SSSR count). The van der Waals surface area contributed by atoms with Gasteiger partial charge in [-0.25, -0.2) is 12.8 Å². The van der Waals surface area contributed by atoms with Crippen molar-refractivity contribution in [3.05, 3.63) is 66.0 Å². The van der Waals surface area contributed by atoms with E-state index in [9.17, 15) is 22.4 Å². The average Bonchev–Trinajstić information content (AvgIpc) is 2.81. The van der Waals surface area contributed by atoms with Crippen LogP contribution >= 0.6 is 0 Å². The predicted octanol–water partition coefficient (Wildman–Crippen LogP) is 3.36. The fraction of sp³-hybridized carbons (Fsp3) is 0.440. The van der Waals surface area contributed by atoms with E-state index in [1.54, 1.807) is 13.0 Å². The highest BCUT2D eigenvalue weighted by Crippen LogP contribution is 2.22. The van der Waals surface area contributed by atoms with Crippen LogP contribution in [0.25, 0.3) is 0 Å². The highest BCUT2D eigenvalue weighted by Gasteiger charge is 2.26. The molecule has 2 aromatic carbocycles. The third-order valence-corrected chi connectivity index (χ3v) is 6.65. The third kappa shape index (κ3) is 8.13. The summed E-state index contributed by atoms with van der Waals surface area (Å²) in [6.45, 7) is 4.47. The predicted molar refractivity (Wildman–Crippen MR) is 132 cm³/mol. The van der Waals surface area contributed by atoms with E-state index in [0.717, 1.165) is 22.5 Å². The third-order valence-electron chi connectivity index (χ3n) is 5.47. The maximum atomic E-state index is 14.2. The Balaban J connectivity index is 2.10. The molecule has 0 bridgehead atoms. The van der Waals surface area contributed by atoms with Gasteiger partial charge in [0.1, 0.15) is 11.9 Å². The fourth-order valence-corrected chi connectivity index (χ4v) is 4.57. The number of nitrogens with zero attached hydrogens (tertiary/aromatic N) is 2. The monoisotopic (exact) mass is 491 g/mol. The van der Waals surface area contributed by atoms with Gasteiger partial charge in [0.2, 0.25) is 21.8 Å². The Labute approximate surface area is 202 Å². The van der Waals surface area contributed by atoms with Crippen molar-refractivity contribution in [1.29, 1.82) is 0 Å². The van der Waals surface area contributed by atoms with Crippen LogP contribution in [0.1, 0.15) is 38.7 Å². The van der Waals surface area contributed by atoms with Crippen LogP contribution in [0, 0.1) is 5.82 Å². The zero-order chi connectivity index (χ0) is 25.1. The van der Waals surface area contributed by atoms with E-state index in [4.69, 9.17) is 0 Å². The summed E-state index contributed by atoms with van der Waals surface area (Å²) in [5.74, 6) is -1.13. The van der Waals surface area contributed by atoms with Gasteiger partial charge in [-0.1, -0.05) is 49.4 Å². The minimum Gasteiger partial charge on any atom is -0.354 e. The molecule has 0 aliphatic heterocycles. The molecule has 7 nitrogen and oxygen atoms in total. The number of halogens is 1. The van der Waals surface area contributed by atoms with Gasteiger partial charge < -0.3 is 10.2 Å². The van der Waals surface area contributed by atoms with Gasteiger partial charge in [-0.15, -0.1) is 0 Å². The van der Waals surface area contributed by atoms with E-state index in [1.165, 1.54) is 23.1 Å². The molecule has 0 radical (unpaired) electrons. The molecule has 0 fully saturated rings. The second-order valence-corrected chi connectivity index (χ2v) is 10.1. The number of amides is 2. The first kappa shape index (κ1) is 27.3. The largest absolute Gasteiger partial charge is 0.354 e. The van der Waals surface area contributed by atoms with Crippen LogP contribution in [0.15, 0.2) is 54.6 Å². The molecule has 0 aliphatic carbocycles. The molecular weight excluding hydrogens is 457 g/mol. The maximum Gasteiger partial charge on any atom is 0.242 e. The fourth-order valence-electron chi connectivity index (χ4n) is 3.60. The molecule has 1 N–H and O–H groups in total. The maximum absolute atomic E-state index is 14.2. The number of nitrogens with one attached hydrogen (secondary N) is 1. The van der Waals surface area contributed by atoms with Crippen molar-refractivity contribution < 1.29 is 22.4 Å². The summed E-state index contributed by atoms with van der Waals surface area (Å²) in [5.41, 5.74) is 0.995. The molecule has 0 heterocycles. The number of carbonyl (C=O) groups is 2. The molecule has 0 aliphatic rings. The van der Waals surface area contributed by atoms with E-state index in [2.05, 4.69) is 5.32 Å². The van der Waals surface area contributed by atoms with E-state index < -0.39 is 21.9 Å². The van der Waals surface area contributed by atoms with Crippen molar-refractivity contribution in [3.8, 4) is 0 Å². The molecule has 2 aromatic rings. The van der Waals surface area contributed by atoms with E-state index >= 15 is 0 Å². The summed E-state index contributed by atoms with van der Waals surface area (Å²) in [5, 5.41) is 2.83. The summed E-state index contributed by atoms with van der Waals surface area (Å²) in [6, 6.07) is 14.6. The summed E-state index contributed by atoms with van der Waals surface area (Å²) in [6.07, 6.45) is 2.59. The van der Waals surface area contributed by atoms with Gasteiger partial charge in [-0.2, -0.15) is 0 Å². The van der Waals surface area contributed by atoms with Crippen LogP contribution in [0.5, 0.6) is 0 Å². The van der Waals surface area contributed by atoms with Gasteiger partial charge >= 0.3 is 0 Å². The zero-order valence-electron chi connectivity index (χ0n) is 20.0. The summed E-state index contributed by atoms with van der Waals surface area (Å²) < 4.78 is 39.7.